The lowest BCUT2D eigenvalue weighted by Crippen LogP contribution is -2.05. The van der Waals surface area contributed by atoms with Crippen LogP contribution in [0.1, 0.15) is 36.6 Å². The molecule has 1 heterocycles. The van der Waals surface area contributed by atoms with Crippen LogP contribution in [0.4, 0.5) is 5.69 Å². The lowest BCUT2D eigenvalue weighted by Gasteiger charge is -2.15. The molecule has 0 saturated heterocycles. The Kier molecular flexibility index (Phi) is 5.87. The monoisotopic (exact) mass is 360 g/mol. The second-order valence-corrected chi connectivity index (χ2v) is 6.45. The zero-order valence-electron chi connectivity index (χ0n) is 16.1. The van der Waals surface area contributed by atoms with Crippen molar-refractivity contribution in [1.29, 1.82) is 0 Å². The summed E-state index contributed by atoms with van der Waals surface area (Å²) in [6, 6.07) is 22.2. The first kappa shape index (κ1) is 18.6. The number of hydrogen-bond donors (Lipinski definition) is 0. The maximum absolute atomic E-state index is 5.45. The molecular weight excluding hydrogens is 336 g/mol. The number of methoxy groups -OCH3 is 2. The Labute approximate surface area is 160 Å². The summed E-state index contributed by atoms with van der Waals surface area (Å²) in [6.07, 6.45) is 0. The topological polar surface area (TPSA) is 43.7 Å². The van der Waals surface area contributed by atoms with Gasteiger partial charge in [-0.15, -0.1) is 0 Å². The van der Waals surface area contributed by atoms with Gasteiger partial charge in [-0.2, -0.15) is 0 Å². The van der Waals surface area contributed by atoms with Gasteiger partial charge in [0.05, 0.1) is 31.3 Å². The van der Waals surface area contributed by atoms with Gasteiger partial charge in [0.25, 0.3) is 5.88 Å². The van der Waals surface area contributed by atoms with Gasteiger partial charge in [0, 0.05) is 17.2 Å². The van der Waals surface area contributed by atoms with Crippen LogP contribution >= 0.6 is 0 Å². The van der Waals surface area contributed by atoms with E-state index in [1.54, 1.807) is 14.2 Å². The van der Waals surface area contributed by atoms with Gasteiger partial charge in [-0.3, -0.25) is 0 Å². The normalized spacial score (nSPS) is 10.6. The van der Waals surface area contributed by atoms with Crippen LogP contribution in [-0.2, 0) is 0 Å². The molecule has 0 N–H and O–H groups in total. The number of rotatable bonds is 6. The number of ether oxygens (including phenoxy) is 2. The summed E-state index contributed by atoms with van der Waals surface area (Å²) in [7, 11) is 3.20. The van der Waals surface area contributed by atoms with Crippen LogP contribution in [0, 0.1) is 0 Å². The largest absolute Gasteiger partial charge is 0.491 e. The number of pyridine rings is 1. The van der Waals surface area contributed by atoms with Crippen LogP contribution in [-0.4, -0.2) is 24.9 Å². The third-order valence-electron chi connectivity index (χ3n) is 4.25. The molecule has 4 nitrogen and oxygen atoms in total. The molecule has 0 unspecified atom stereocenters. The Morgan fingerprint density at radius 3 is 1.85 bits per heavy atom. The Balaban J connectivity index is 2.24. The van der Waals surface area contributed by atoms with Gasteiger partial charge in [-0.25, -0.2) is 9.98 Å². The molecule has 0 atom stereocenters. The van der Waals surface area contributed by atoms with Gasteiger partial charge < -0.3 is 9.47 Å². The molecule has 0 saturated carbocycles. The first-order chi connectivity index (χ1) is 13.1. The van der Waals surface area contributed by atoms with Crippen LogP contribution in [0.15, 0.2) is 71.7 Å². The van der Waals surface area contributed by atoms with Crippen molar-refractivity contribution in [2.24, 2.45) is 4.99 Å². The second kappa shape index (κ2) is 8.49. The molecule has 0 fully saturated rings. The van der Waals surface area contributed by atoms with Gasteiger partial charge in [0.1, 0.15) is 0 Å². The SMILES string of the molecule is COc1cc(N=C(c2ccccc2)c2ccccc2)c(C(C)C)nc1OC. The van der Waals surface area contributed by atoms with Crippen LogP contribution in [0.3, 0.4) is 0 Å². The van der Waals surface area contributed by atoms with E-state index in [9.17, 15) is 0 Å². The lowest BCUT2D eigenvalue weighted by atomic mass is 10.0. The fraction of sp³-hybridized carbons (Fsp3) is 0.217. The van der Waals surface area contributed by atoms with E-state index in [1.807, 2.05) is 42.5 Å². The molecule has 0 radical (unpaired) electrons. The average Bonchev–Trinajstić information content (AvgIpc) is 2.72. The minimum Gasteiger partial charge on any atom is -0.491 e. The highest BCUT2D eigenvalue weighted by atomic mass is 16.5. The predicted octanol–water partition coefficient (Wildman–Crippen LogP) is 5.39. The van der Waals surface area contributed by atoms with E-state index in [4.69, 9.17) is 14.5 Å². The minimum atomic E-state index is 0.191. The first-order valence-corrected chi connectivity index (χ1v) is 8.96. The highest BCUT2D eigenvalue weighted by molar-refractivity contribution is 6.14. The molecule has 0 amide bonds. The van der Waals surface area contributed by atoms with Crippen molar-refractivity contribution in [3.63, 3.8) is 0 Å². The van der Waals surface area contributed by atoms with Crippen molar-refractivity contribution in [3.05, 3.63) is 83.6 Å². The van der Waals surface area contributed by atoms with Crippen molar-refractivity contribution in [2.45, 2.75) is 19.8 Å². The van der Waals surface area contributed by atoms with E-state index < -0.39 is 0 Å². The number of benzene rings is 2. The summed E-state index contributed by atoms with van der Waals surface area (Å²) in [5.41, 5.74) is 4.65. The van der Waals surface area contributed by atoms with Gasteiger partial charge in [-0.1, -0.05) is 74.5 Å². The van der Waals surface area contributed by atoms with Gasteiger partial charge in [0.15, 0.2) is 5.75 Å². The maximum atomic E-state index is 5.45. The van der Waals surface area contributed by atoms with Crippen molar-refractivity contribution in [3.8, 4) is 11.6 Å². The van der Waals surface area contributed by atoms with Crippen LogP contribution < -0.4 is 9.47 Å². The zero-order valence-corrected chi connectivity index (χ0v) is 16.1. The average molecular weight is 360 g/mol. The molecule has 27 heavy (non-hydrogen) atoms. The Morgan fingerprint density at radius 1 is 0.852 bits per heavy atom. The maximum Gasteiger partial charge on any atom is 0.257 e. The van der Waals surface area contributed by atoms with Crippen molar-refractivity contribution in [1.82, 2.24) is 4.98 Å². The van der Waals surface area contributed by atoms with E-state index in [2.05, 4.69) is 43.1 Å². The smallest absolute Gasteiger partial charge is 0.257 e. The number of nitrogens with zero attached hydrogens (tertiary/aromatic N) is 2. The molecule has 0 aliphatic rings. The molecule has 3 aromatic rings. The van der Waals surface area contributed by atoms with Crippen molar-refractivity contribution in [2.75, 3.05) is 14.2 Å². The molecule has 1 aromatic heterocycles. The van der Waals surface area contributed by atoms with E-state index in [0.717, 1.165) is 28.2 Å². The second-order valence-electron chi connectivity index (χ2n) is 6.45. The fourth-order valence-corrected chi connectivity index (χ4v) is 2.90. The van der Waals surface area contributed by atoms with E-state index in [0.29, 0.717) is 11.6 Å². The minimum absolute atomic E-state index is 0.191. The predicted molar refractivity (Wildman–Crippen MR) is 110 cm³/mol. The quantitative estimate of drug-likeness (QED) is 0.554. The number of hydrogen-bond acceptors (Lipinski definition) is 4. The highest BCUT2D eigenvalue weighted by Crippen LogP contribution is 2.35. The summed E-state index contributed by atoms with van der Waals surface area (Å²) in [5.74, 6) is 1.23. The number of aromatic nitrogens is 1. The Bertz CT molecular complexity index is 878. The molecule has 3 rings (SSSR count). The third-order valence-corrected chi connectivity index (χ3v) is 4.25. The zero-order chi connectivity index (χ0) is 19.2. The standard InChI is InChI=1S/C23H24N2O2/c1-16(2)21-19(15-20(26-3)23(25-21)27-4)24-22(17-11-7-5-8-12-17)18-13-9-6-10-14-18/h5-16H,1-4H3. The summed E-state index contributed by atoms with van der Waals surface area (Å²) in [4.78, 5) is 9.67. The molecule has 4 heteroatoms. The van der Waals surface area contributed by atoms with E-state index >= 15 is 0 Å². The Hall–Kier alpha value is -3.14. The third kappa shape index (κ3) is 4.17. The van der Waals surface area contributed by atoms with Crippen LogP contribution in [0.2, 0.25) is 0 Å². The van der Waals surface area contributed by atoms with Gasteiger partial charge >= 0.3 is 0 Å². The molecular formula is C23H24N2O2. The van der Waals surface area contributed by atoms with Crippen molar-refractivity contribution >= 4 is 11.4 Å². The molecule has 0 spiro atoms. The van der Waals surface area contributed by atoms with Gasteiger partial charge in [0.2, 0.25) is 0 Å². The fourth-order valence-electron chi connectivity index (χ4n) is 2.90. The molecule has 0 bridgehead atoms. The van der Waals surface area contributed by atoms with Crippen LogP contribution in [0.5, 0.6) is 11.6 Å². The van der Waals surface area contributed by atoms with Crippen molar-refractivity contribution < 1.29 is 9.47 Å². The Morgan fingerprint density at radius 2 is 1.41 bits per heavy atom. The summed E-state index contributed by atoms with van der Waals surface area (Å²) < 4.78 is 10.8. The molecule has 138 valence electrons. The molecule has 2 aromatic carbocycles. The summed E-state index contributed by atoms with van der Waals surface area (Å²) in [5, 5.41) is 0. The van der Waals surface area contributed by atoms with E-state index in [1.165, 1.54) is 0 Å². The van der Waals surface area contributed by atoms with Crippen LogP contribution in [0.25, 0.3) is 0 Å². The highest BCUT2D eigenvalue weighted by Gasteiger charge is 2.17. The molecule has 0 aliphatic carbocycles. The first-order valence-electron chi connectivity index (χ1n) is 8.96. The summed E-state index contributed by atoms with van der Waals surface area (Å²) >= 11 is 0. The lowest BCUT2D eigenvalue weighted by molar-refractivity contribution is 0.341. The van der Waals surface area contributed by atoms with E-state index in [-0.39, 0.29) is 5.92 Å². The number of aliphatic imine (C=N–C) groups is 1. The molecule has 0 aliphatic heterocycles. The van der Waals surface area contributed by atoms with Gasteiger partial charge in [-0.05, 0) is 5.92 Å². The summed E-state index contributed by atoms with van der Waals surface area (Å²) in [6.45, 7) is 4.19.